The summed E-state index contributed by atoms with van der Waals surface area (Å²) in [6.07, 6.45) is 0. The highest BCUT2D eigenvalue weighted by Gasteiger charge is 2.08. The Labute approximate surface area is 172 Å². The van der Waals surface area contributed by atoms with Crippen molar-refractivity contribution in [3.05, 3.63) is 0 Å². The lowest BCUT2D eigenvalue weighted by Crippen LogP contribution is -2.34. The van der Waals surface area contributed by atoms with E-state index >= 15 is 0 Å². The van der Waals surface area contributed by atoms with Crippen molar-refractivity contribution in [1.82, 2.24) is 9.80 Å². The van der Waals surface area contributed by atoms with E-state index in [0.29, 0.717) is 13.2 Å². The average molecular weight is 425 g/mol. The summed E-state index contributed by atoms with van der Waals surface area (Å²) in [7, 11) is 0. The van der Waals surface area contributed by atoms with Crippen molar-refractivity contribution < 1.29 is 14.2 Å². The molecule has 2 bridgehead atoms. The van der Waals surface area contributed by atoms with E-state index in [-0.39, 0.29) is 0 Å². The Morgan fingerprint density at radius 3 is 1.35 bits per heavy atom. The Balaban J connectivity index is 1.87. The van der Waals surface area contributed by atoms with Crippen molar-refractivity contribution in [2.24, 2.45) is 0 Å². The standard InChI is InChI=1S/C18H36N2O3S3/c1-7-21-10-11-22-8-3-20-5-13-24-16-12-23-9-2-19(1)4-14-25-17-18-26-15-6-20/h1-18H2. The molecule has 0 aromatic heterocycles. The molecule has 3 rings (SSSR count). The molecule has 3 fully saturated rings. The van der Waals surface area contributed by atoms with E-state index < -0.39 is 0 Å². The Morgan fingerprint density at radius 2 is 0.808 bits per heavy atom. The Morgan fingerprint density at radius 1 is 0.385 bits per heavy atom. The fourth-order valence-electron chi connectivity index (χ4n) is 2.80. The first kappa shape index (κ1) is 23.1. The zero-order valence-corrected chi connectivity index (χ0v) is 18.5. The highest BCUT2D eigenvalue weighted by atomic mass is 32.2. The minimum atomic E-state index is 0.699. The van der Waals surface area contributed by atoms with Gasteiger partial charge in [-0.3, -0.25) is 9.80 Å². The summed E-state index contributed by atoms with van der Waals surface area (Å²) < 4.78 is 17.4. The van der Waals surface area contributed by atoms with Crippen LogP contribution in [0.3, 0.4) is 0 Å². The molecule has 0 N–H and O–H groups in total. The molecule has 3 heterocycles. The van der Waals surface area contributed by atoms with Crippen LogP contribution in [-0.4, -0.2) is 123 Å². The molecule has 2 atom stereocenters. The zero-order valence-electron chi connectivity index (χ0n) is 16.1. The van der Waals surface area contributed by atoms with Gasteiger partial charge >= 0.3 is 0 Å². The molecule has 3 aliphatic heterocycles. The van der Waals surface area contributed by atoms with Crippen LogP contribution in [0.2, 0.25) is 0 Å². The third kappa shape index (κ3) is 12.3. The monoisotopic (exact) mass is 424 g/mol. The summed E-state index contributed by atoms with van der Waals surface area (Å²) >= 11 is 6.19. The minimum Gasteiger partial charge on any atom is -0.379 e. The van der Waals surface area contributed by atoms with Gasteiger partial charge in [0.05, 0.1) is 39.6 Å². The Kier molecular flexibility index (Phi) is 14.9. The number of hydrogen-bond acceptors (Lipinski definition) is 8. The summed E-state index contributed by atoms with van der Waals surface area (Å²) in [5, 5.41) is 0. The van der Waals surface area contributed by atoms with Gasteiger partial charge in [0.2, 0.25) is 0 Å². The Hall–Kier alpha value is 0.850. The molecule has 0 aliphatic carbocycles. The maximum Gasteiger partial charge on any atom is 0.0701 e. The van der Waals surface area contributed by atoms with E-state index in [1.807, 2.05) is 11.8 Å². The smallest absolute Gasteiger partial charge is 0.0701 e. The van der Waals surface area contributed by atoms with E-state index in [0.717, 1.165) is 64.9 Å². The first-order valence-corrected chi connectivity index (χ1v) is 13.3. The summed E-state index contributed by atoms with van der Waals surface area (Å²) in [6.45, 7) is 11.2. The van der Waals surface area contributed by atoms with Gasteiger partial charge in [-0.05, 0) is 0 Å². The highest BCUT2D eigenvalue weighted by Crippen LogP contribution is 2.09. The molecule has 0 aromatic carbocycles. The van der Waals surface area contributed by atoms with Gasteiger partial charge < -0.3 is 14.2 Å². The quantitative estimate of drug-likeness (QED) is 0.583. The molecule has 0 amide bonds. The second-order valence-corrected chi connectivity index (χ2v) is 10.0. The van der Waals surface area contributed by atoms with Gasteiger partial charge in [-0.25, -0.2) is 0 Å². The first-order chi connectivity index (χ1) is 12.9. The normalized spacial score (nSPS) is 30.5. The van der Waals surface area contributed by atoms with Gasteiger partial charge in [0.25, 0.3) is 0 Å². The molecule has 5 nitrogen and oxygen atoms in total. The number of hydrogen-bond donors (Lipinski definition) is 0. The fraction of sp³-hybridized carbons (Fsp3) is 1.00. The molecule has 8 heteroatoms. The maximum absolute atomic E-state index is 5.85. The van der Waals surface area contributed by atoms with Crippen LogP contribution in [0.15, 0.2) is 0 Å². The molecular formula is C18H36N2O3S3. The highest BCUT2D eigenvalue weighted by molar-refractivity contribution is 8.02. The van der Waals surface area contributed by atoms with Crippen LogP contribution < -0.4 is 0 Å². The van der Waals surface area contributed by atoms with Crippen LogP contribution in [0.5, 0.6) is 0 Å². The molecular weight excluding hydrogens is 388 g/mol. The molecule has 3 aliphatic rings. The number of thioether (sulfide) groups is 3. The summed E-state index contributed by atoms with van der Waals surface area (Å²) in [4.78, 5) is 5.04. The Bertz CT molecular complexity index is 253. The van der Waals surface area contributed by atoms with Crippen LogP contribution in [0, 0.1) is 0 Å². The SMILES string of the molecule is C1COCCN2CCSCCOCCN(CCO1)CCSCCSCC2. The largest absolute Gasteiger partial charge is 0.379 e. The first-order valence-electron chi connectivity index (χ1n) is 9.86. The lowest BCUT2D eigenvalue weighted by atomic mass is 10.4. The van der Waals surface area contributed by atoms with Crippen molar-refractivity contribution in [3.63, 3.8) is 0 Å². The molecule has 2 unspecified atom stereocenters. The number of nitrogens with zero attached hydrogens (tertiary/aromatic N) is 2. The van der Waals surface area contributed by atoms with Crippen molar-refractivity contribution in [3.8, 4) is 0 Å². The van der Waals surface area contributed by atoms with Crippen LogP contribution in [0.1, 0.15) is 0 Å². The predicted molar refractivity (Wildman–Crippen MR) is 117 cm³/mol. The van der Waals surface area contributed by atoms with Crippen molar-refractivity contribution in [1.29, 1.82) is 0 Å². The number of ether oxygens (including phenoxy) is 3. The minimum absolute atomic E-state index is 0.699. The molecule has 0 radical (unpaired) electrons. The van der Waals surface area contributed by atoms with Gasteiger partial charge in [0.15, 0.2) is 0 Å². The maximum atomic E-state index is 5.85. The van der Waals surface area contributed by atoms with Crippen LogP contribution in [-0.2, 0) is 14.2 Å². The zero-order chi connectivity index (χ0) is 18.1. The van der Waals surface area contributed by atoms with Gasteiger partial charge in [-0.2, -0.15) is 35.3 Å². The predicted octanol–water partition coefficient (Wildman–Crippen LogP) is 1.87. The lowest BCUT2D eigenvalue weighted by molar-refractivity contribution is 0.0293. The van der Waals surface area contributed by atoms with Gasteiger partial charge in [-0.1, -0.05) is 0 Å². The van der Waals surface area contributed by atoms with Crippen LogP contribution >= 0.6 is 35.3 Å². The van der Waals surface area contributed by atoms with Crippen LogP contribution in [0.4, 0.5) is 0 Å². The van der Waals surface area contributed by atoms with E-state index in [4.69, 9.17) is 14.2 Å². The molecule has 154 valence electrons. The lowest BCUT2D eigenvalue weighted by Gasteiger charge is -2.24. The van der Waals surface area contributed by atoms with Crippen LogP contribution in [0.25, 0.3) is 0 Å². The van der Waals surface area contributed by atoms with E-state index in [1.165, 1.54) is 35.3 Å². The van der Waals surface area contributed by atoms with Crippen molar-refractivity contribution in [2.45, 2.75) is 0 Å². The molecule has 0 saturated carbocycles. The fourth-order valence-corrected chi connectivity index (χ4v) is 5.75. The summed E-state index contributed by atoms with van der Waals surface area (Å²) in [5.41, 5.74) is 0. The number of fused-ring (bicyclic) bond motifs is 21. The van der Waals surface area contributed by atoms with E-state index in [9.17, 15) is 0 Å². The third-order valence-electron chi connectivity index (χ3n) is 4.43. The van der Waals surface area contributed by atoms with E-state index in [1.54, 1.807) is 0 Å². The van der Waals surface area contributed by atoms with Gasteiger partial charge in [0.1, 0.15) is 0 Å². The van der Waals surface area contributed by atoms with Crippen molar-refractivity contribution in [2.75, 3.05) is 113 Å². The average Bonchev–Trinajstić information content (AvgIpc) is 2.65. The van der Waals surface area contributed by atoms with Gasteiger partial charge in [-0.15, -0.1) is 0 Å². The second-order valence-electron chi connectivity index (χ2n) is 6.36. The molecule has 0 spiro atoms. The topological polar surface area (TPSA) is 34.2 Å². The molecule has 0 aromatic rings. The summed E-state index contributed by atoms with van der Waals surface area (Å²) in [6, 6.07) is 0. The number of rotatable bonds is 0. The third-order valence-corrected chi connectivity index (χ3v) is 7.54. The van der Waals surface area contributed by atoms with E-state index in [2.05, 4.69) is 33.3 Å². The second kappa shape index (κ2) is 16.8. The van der Waals surface area contributed by atoms with Crippen molar-refractivity contribution >= 4 is 35.3 Å². The molecule has 26 heavy (non-hydrogen) atoms. The molecule has 3 saturated heterocycles. The summed E-state index contributed by atoms with van der Waals surface area (Å²) in [5.74, 6) is 7.22. The van der Waals surface area contributed by atoms with Gasteiger partial charge in [0, 0.05) is 73.8 Å².